The number of carbonyl (C=O) groups is 1. The average Bonchev–Trinajstić information content (AvgIpc) is 2.32. The summed E-state index contributed by atoms with van der Waals surface area (Å²) in [5, 5.41) is 0.500. The van der Waals surface area contributed by atoms with E-state index in [1.54, 1.807) is 24.3 Å². The van der Waals surface area contributed by atoms with Gasteiger partial charge in [0.15, 0.2) is 5.78 Å². The summed E-state index contributed by atoms with van der Waals surface area (Å²) in [6.07, 6.45) is -0.0130. The molecule has 2 aromatic rings. The molecule has 0 saturated carbocycles. The van der Waals surface area contributed by atoms with Crippen LogP contribution in [0.5, 0.6) is 0 Å². The summed E-state index contributed by atoms with van der Waals surface area (Å²) >= 11 is 5.79. The summed E-state index contributed by atoms with van der Waals surface area (Å²) in [5.41, 5.74) is 0.422. The lowest BCUT2D eigenvalue weighted by molar-refractivity contribution is 0.0988. The maximum absolute atomic E-state index is 13.4. The third-order valence-corrected chi connectivity index (χ3v) is 2.72. The van der Waals surface area contributed by atoms with Crippen molar-refractivity contribution in [1.29, 1.82) is 0 Å². The fourth-order valence-corrected chi connectivity index (χ4v) is 1.85. The van der Waals surface area contributed by atoms with E-state index in [4.69, 9.17) is 11.6 Å². The molecule has 0 aromatic heterocycles. The van der Waals surface area contributed by atoms with Crippen LogP contribution < -0.4 is 0 Å². The van der Waals surface area contributed by atoms with E-state index in [1.165, 1.54) is 0 Å². The van der Waals surface area contributed by atoms with E-state index in [0.29, 0.717) is 10.6 Å². The van der Waals surface area contributed by atoms with Crippen LogP contribution in [-0.4, -0.2) is 5.78 Å². The van der Waals surface area contributed by atoms with Crippen LogP contribution in [0.1, 0.15) is 15.9 Å². The molecule has 4 heteroatoms. The van der Waals surface area contributed by atoms with E-state index < -0.39 is 17.4 Å². The lowest BCUT2D eigenvalue weighted by Crippen LogP contribution is -2.06. The van der Waals surface area contributed by atoms with E-state index in [-0.39, 0.29) is 12.0 Å². The van der Waals surface area contributed by atoms with Gasteiger partial charge in [0.05, 0.1) is 5.56 Å². The number of benzene rings is 2. The largest absolute Gasteiger partial charge is 0.294 e. The Balaban J connectivity index is 2.24. The molecule has 0 atom stereocenters. The molecule has 0 heterocycles. The first kappa shape index (κ1) is 12.7. The number of Topliss-reactive ketones (excluding diaryl/α,β-unsaturated/α-hetero) is 1. The van der Waals surface area contributed by atoms with E-state index in [0.717, 1.165) is 18.2 Å². The Labute approximate surface area is 108 Å². The highest BCUT2D eigenvalue weighted by molar-refractivity contribution is 6.30. The van der Waals surface area contributed by atoms with E-state index in [1.807, 2.05) is 0 Å². The molecule has 0 fully saturated rings. The van der Waals surface area contributed by atoms with Crippen LogP contribution in [0.3, 0.4) is 0 Å². The van der Waals surface area contributed by atoms with Gasteiger partial charge < -0.3 is 0 Å². The molecule has 0 N–H and O–H groups in total. The molecule has 0 amide bonds. The lowest BCUT2D eigenvalue weighted by Gasteiger charge is -2.03. The molecule has 18 heavy (non-hydrogen) atoms. The average molecular weight is 267 g/mol. The van der Waals surface area contributed by atoms with Crippen molar-refractivity contribution in [2.75, 3.05) is 0 Å². The summed E-state index contributed by atoms with van der Waals surface area (Å²) in [7, 11) is 0. The van der Waals surface area contributed by atoms with Gasteiger partial charge in [-0.25, -0.2) is 8.78 Å². The van der Waals surface area contributed by atoms with Gasteiger partial charge in [-0.2, -0.15) is 0 Å². The van der Waals surface area contributed by atoms with Crippen molar-refractivity contribution >= 4 is 17.4 Å². The first-order valence-electron chi connectivity index (χ1n) is 5.29. The molecule has 1 nitrogen and oxygen atoms in total. The fraction of sp³-hybridized carbons (Fsp3) is 0.0714. The van der Waals surface area contributed by atoms with Gasteiger partial charge in [0.2, 0.25) is 0 Å². The quantitative estimate of drug-likeness (QED) is 0.766. The van der Waals surface area contributed by atoms with Crippen molar-refractivity contribution in [1.82, 2.24) is 0 Å². The molecule has 0 saturated heterocycles. The van der Waals surface area contributed by atoms with Crippen molar-refractivity contribution in [3.05, 3.63) is 70.2 Å². The topological polar surface area (TPSA) is 17.1 Å². The van der Waals surface area contributed by atoms with Crippen molar-refractivity contribution in [3.8, 4) is 0 Å². The Kier molecular flexibility index (Phi) is 3.72. The lowest BCUT2D eigenvalue weighted by atomic mass is 10.0. The predicted octanol–water partition coefficient (Wildman–Crippen LogP) is 4.04. The van der Waals surface area contributed by atoms with Gasteiger partial charge in [0.1, 0.15) is 11.6 Å². The van der Waals surface area contributed by atoms with Gasteiger partial charge >= 0.3 is 0 Å². The second kappa shape index (κ2) is 5.27. The van der Waals surface area contributed by atoms with Crippen LogP contribution in [0.15, 0.2) is 42.5 Å². The summed E-state index contributed by atoms with van der Waals surface area (Å²) in [6, 6.07) is 9.54. The Hall–Kier alpha value is -1.74. The van der Waals surface area contributed by atoms with Gasteiger partial charge in [0, 0.05) is 11.4 Å². The monoisotopic (exact) mass is 266 g/mol. The minimum Gasteiger partial charge on any atom is -0.294 e. The second-order valence-corrected chi connectivity index (χ2v) is 4.29. The van der Waals surface area contributed by atoms with E-state index >= 15 is 0 Å². The van der Waals surface area contributed by atoms with E-state index in [2.05, 4.69) is 0 Å². The van der Waals surface area contributed by atoms with Crippen molar-refractivity contribution in [2.24, 2.45) is 0 Å². The number of hydrogen-bond acceptors (Lipinski definition) is 1. The highest BCUT2D eigenvalue weighted by atomic mass is 35.5. The molecule has 2 rings (SSSR count). The number of carbonyl (C=O) groups excluding carboxylic acids is 1. The molecular weight excluding hydrogens is 258 g/mol. The van der Waals surface area contributed by atoms with Crippen LogP contribution in [0.4, 0.5) is 8.78 Å². The van der Waals surface area contributed by atoms with Gasteiger partial charge in [-0.1, -0.05) is 23.7 Å². The Morgan fingerprint density at radius 3 is 2.61 bits per heavy atom. The molecular formula is C14H9ClF2O. The second-order valence-electron chi connectivity index (χ2n) is 3.85. The fourth-order valence-electron chi connectivity index (χ4n) is 1.64. The number of rotatable bonds is 3. The van der Waals surface area contributed by atoms with Gasteiger partial charge in [-0.05, 0) is 35.9 Å². The minimum absolute atomic E-state index is 0.0130. The molecule has 0 spiro atoms. The zero-order chi connectivity index (χ0) is 13.1. The standard InChI is InChI=1S/C14H9ClF2O/c15-10-3-1-2-9(6-10)7-14(18)12-8-11(16)4-5-13(12)17/h1-6,8H,7H2. The zero-order valence-corrected chi connectivity index (χ0v) is 10.0. The maximum atomic E-state index is 13.4. The third-order valence-electron chi connectivity index (χ3n) is 2.48. The van der Waals surface area contributed by atoms with Crippen LogP contribution in [0, 0.1) is 11.6 Å². The molecule has 92 valence electrons. The van der Waals surface area contributed by atoms with Crippen LogP contribution >= 0.6 is 11.6 Å². The maximum Gasteiger partial charge on any atom is 0.170 e. The van der Waals surface area contributed by atoms with Crippen molar-refractivity contribution in [2.45, 2.75) is 6.42 Å². The van der Waals surface area contributed by atoms with Crippen LogP contribution in [-0.2, 0) is 6.42 Å². The molecule has 2 aromatic carbocycles. The normalized spacial score (nSPS) is 10.4. The summed E-state index contributed by atoms with van der Waals surface area (Å²) in [5.74, 6) is -1.83. The number of halogens is 3. The molecule has 0 aliphatic heterocycles. The molecule has 0 bridgehead atoms. The van der Waals surface area contributed by atoms with Crippen LogP contribution in [0.2, 0.25) is 5.02 Å². The van der Waals surface area contributed by atoms with Gasteiger partial charge in [0.25, 0.3) is 0 Å². The Morgan fingerprint density at radius 2 is 1.89 bits per heavy atom. The first-order valence-corrected chi connectivity index (χ1v) is 5.67. The highest BCUT2D eigenvalue weighted by Gasteiger charge is 2.13. The summed E-state index contributed by atoms with van der Waals surface area (Å²) in [4.78, 5) is 11.8. The molecule has 0 aliphatic carbocycles. The summed E-state index contributed by atoms with van der Waals surface area (Å²) in [6.45, 7) is 0. The Bertz CT molecular complexity index is 596. The third kappa shape index (κ3) is 2.93. The summed E-state index contributed by atoms with van der Waals surface area (Å²) < 4.78 is 26.4. The predicted molar refractivity (Wildman–Crippen MR) is 65.8 cm³/mol. The number of hydrogen-bond donors (Lipinski definition) is 0. The SMILES string of the molecule is O=C(Cc1cccc(Cl)c1)c1cc(F)ccc1F. The van der Waals surface area contributed by atoms with E-state index in [9.17, 15) is 13.6 Å². The van der Waals surface area contributed by atoms with Gasteiger partial charge in [-0.3, -0.25) is 4.79 Å². The zero-order valence-electron chi connectivity index (χ0n) is 9.29. The van der Waals surface area contributed by atoms with Crippen molar-refractivity contribution in [3.63, 3.8) is 0 Å². The molecule has 0 radical (unpaired) electrons. The molecule has 0 aliphatic rings. The Morgan fingerprint density at radius 1 is 1.11 bits per heavy atom. The smallest absolute Gasteiger partial charge is 0.170 e. The molecule has 0 unspecified atom stereocenters. The van der Waals surface area contributed by atoms with Crippen LogP contribution in [0.25, 0.3) is 0 Å². The minimum atomic E-state index is -0.719. The highest BCUT2D eigenvalue weighted by Crippen LogP contribution is 2.16. The number of ketones is 1. The first-order chi connectivity index (χ1) is 8.56. The van der Waals surface area contributed by atoms with Crippen molar-refractivity contribution < 1.29 is 13.6 Å². The van der Waals surface area contributed by atoms with Gasteiger partial charge in [-0.15, -0.1) is 0 Å².